The first-order valence-corrected chi connectivity index (χ1v) is 5.16. The molecule has 0 saturated heterocycles. The molecule has 0 aliphatic carbocycles. The van der Waals surface area contributed by atoms with E-state index in [4.69, 9.17) is 9.84 Å². The first kappa shape index (κ1) is 13.6. The van der Waals surface area contributed by atoms with Gasteiger partial charge < -0.3 is 14.9 Å². The maximum Gasteiger partial charge on any atom is 0.329 e. The first-order valence-electron chi connectivity index (χ1n) is 5.16. The van der Waals surface area contributed by atoms with Crippen molar-refractivity contribution in [1.29, 1.82) is 0 Å². The van der Waals surface area contributed by atoms with Crippen molar-refractivity contribution in [2.45, 2.75) is 20.0 Å². The van der Waals surface area contributed by atoms with E-state index in [0.717, 1.165) is 0 Å². The van der Waals surface area contributed by atoms with Gasteiger partial charge in [0, 0.05) is 0 Å². The molecule has 2 N–H and O–H groups in total. The Morgan fingerprint density at radius 2 is 1.94 bits per heavy atom. The molecule has 94 valence electrons. The second kappa shape index (κ2) is 5.75. The van der Waals surface area contributed by atoms with E-state index >= 15 is 0 Å². The smallest absolute Gasteiger partial charge is 0.329 e. The molecular weight excluding hydrogens is 227 g/mol. The third-order valence-electron chi connectivity index (χ3n) is 2.34. The molecule has 4 nitrogen and oxygen atoms in total. The highest BCUT2D eigenvalue weighted by molar-refractivity contribution is 5.67. The number of carbonyl (C=O) groups is 1. The van der Waals surface area contributed by atoms with Gasteiger partial charge in [-0.1, -0.05) is 12.1 Å². The summed E-state index contributed by atoms with van der Waals surface area (Å²) in [4.78, 5) is 10.2. The van der Waals surface area contributed by atoms with Crippen LogP contribution in [0.4, 0.5) is 4.39 Å². The zero-order valence-electron chi connectivity index (χ0n) is 9.74. The monoisotopic (exact) mass is 242 g/mol. The van der Waals surface area contributed by atoms with Gasteiger partial charge in [-0.2, -0.15) is 0 Å². The summed E-state index contributed by atoms with van der Waals surface area (Å²) in [6, 6.07) is 3.05. The van der Waals surface area contributed by atoms with Gasteiger partial charge >= 0.3 is 5.97 Å². The lowest BCUT2D eigenvalue weighted by molar-refractivity contribution is -0.143. The van der Waals surface area contributed by atoms with E-state index in [1.165, 1.54) is 12.1 Å². The van der Waals surface area contributed by atoms with Crippen LogP contribution in [-0.4, -0.2) is 29.4 Å². The number of aryl methyl sites for hydroxylation is 2. The van der Waals surface area contributed by atoms with Crippen molar-refractivity contribution >= 4 is 5.97 Å². The number of hydrogen-bond donors (Lipinski definition) is 2. The molecule has 0 heterocycles. The third kappa shape index (κ3) is 3.80. The van der Waals surface area contributed by atoms with Crippen LogP contribution >= 0.6 is 0 Å². The Bertz CT molecular complexity index is 394. The summed E-state index contributed by atoms with van der Waals surface area (Å²) < 4.78 is 18.1. The fourth-order valence-electron chi connectivity index (χ4n) is 1.53. The van der Waals surface area contributed by atoms with E-state index in [9.17, 15) is 14.3 Å². The number of carboxylic acid groups (broad SMARTS) is 1. The molecule has 1 aromatic carbocycles. The standard InChI is InChI=1S/C12H15FO4/c1-7-3-9(4-8(2)12(7)13)10(14)5-17-6-11(15)16/h3-4,10,14H,5-6H2,1-2H3,(H,15,16). The first-order chi connectivity index (χ1) is 7.91. The molecule has 0 spiro atoms. The zero-order chi connectivity index (χ0) is 13.0. The highest BCUT2D eigenvalue weighted by atomic mass is 19.1. The number of hydrogen-bond acceptors (Lipinski definition) is 3. The average Bonchev–Trinajstić information content (AvgIpc) is 2.24. The Kier molecular flexibility index (Phi) is 4.60. The molecule has 0 fully saturated rings. The maximum atomic E-state index is 13.3. The van der Waals surface area contributed by atoms with E-state index in [1.807, 2.05) is 0 Å². The quantitative estimate of drug-likeness (QED) is 0.822. The van der Waals surface area contributed by atoms with Crippen molar-refractivity contribution in [3.05, 3.63) is 34.6 Å². The van der Waals surface area contributed by atoms with Crippen molar-refractivity contribution in [3.8, 4) is 0 Å². The summed E-state index contributed by atoms with van der Waals surface area (Å²) in [6.07, 6.45) is -0.952. The number of aliphatic carboxylic acids is 1. The zero-order valence-corrected chi connectivity index (χ0v) is 9.74. The van der Waals surface area contributed by atoms with Crippen LogP contribution in [0.1, 0.15) is 22.8 Å². The van der Waals surface area contributed by atoms with E-state index in [2.05, 4.69) is 0 Å². The van der Waals surface area contributed by atoms with Gasteiger partial charge in [0.2, 0.25) is 0 Å². The molecule has 0 aromatic heterocycles. The Morgan fingerprint density at radius 1 is 1.41 bits per heavy atom. The summed E-state index contributed by atoms with van der Waals surface area (Å²) in [6.45, 7) is 2.63. The Labute approximate surface area is 98.7 Å². The predicted octanol–water partition coefficient (Wildman–Crippen LogP) is 1.58. The second-order valence-electron chi connectivity index (χ2n) is 3.89. The molecule has 1 rings (SSSR count). The van der Waals surface area contributed by atoms with Gasteiger partial charge in [-0.05, 0) is 30.5 Å². The third-order valence-corrected chi connectivity index (χ3v) is 2.34. The number of rotatable bonds is 5. The summed E-state index contributed by atoms with van der Waals surface area (Å²) >= 11 is 0. The molecule has 0 amide bonds. The molecule has 0 aliphatic rings. The topological polar surface area (TPSA) is 66.8 Å². The molecule has 17 heavy (non-hydrogen) atoms. The lowest BCUT2D eigenvalue weighted by Crippen LogP contribution is -2.13. The highest BCUT2D eigenvalue weighted by Gasteiger charge is 2.12. The minimum Gasteiger partial charge on any atom is -0.480 e. The molecule has 0 bridgehead atoms. The van der Waals surface area contributed by atoms with E-state index < -0.39 is 18.7 Å². The van der Waals surface area contributed by atoms with Gasteiger partial charge in [-0.3, -0.25) is 0 Å². The van der Waals surface area contributed by atoms with Gasteiger partial charge in [-0.25, -0.2) is 9.18 Å². The van der Waals surface area contributed by atoms with Crippen molar-refractivity contribution in [2.75, 3.05) is 13.2 Å². The van der Waals surface area contributed by atoms with Crippen molar-refractivity contribution in [3.63, 3.8) is 0 Å². The molecule has 1 unspecified atom stereocenters. The SMILES string of the molecule is Cc1cc(C(O)COCC(=O)O)cc(C)c1F. The van der Waals surface area contributed by atoms with E-state index in [0.29, 0.717) is 16.7 Å². The molecular formula is C12H15FO4. The van der Waals surface area contributed by atoms with Crippen molar-refractivity contribution < 1.29 is 24.1 Å². The fraction of sp³-hybridized carbons (Fsp3) is 0.417. The lowest BCUT2D eigenvalue weighted by Gasteiger charge is -2.13. The van der Waals surface area contributed by atoms with Gasteiger partial charge in [0.15, 0.2) is 0 Å². The summed E-state index contributed by atoms with van der Waals surface area (Å²) in [7, 11) is 0. The molecule has 0 aliphatic heterocycles. The Balaban J connectivity index is 2.69. The van der Waals surface area contributed by atoms with Crippen LogP contribution in [0.3, 0.4) is 0 Å². The number of ether oxygens (including phenoxy) is 1. The molecule has 5 heteroatoms. The molecule has 1 aromatic rings. The van der Waals surface area contributed by atoms with Gasteiger partial charge in [0.25, 0.3) is 0 Å². The number of halogens is 1. The minimum atomic E-state index is -1.09. The number of aliphatic hydroxyl groups excluding tert-OH is 1. The van der Waals surface area contributed by atoms with Crippen LogP contribution in [0.15, 0.2) is 12.1 Å². The van der Waals surface area contributed by atoms with Crippen LogP contribution < -0.4 is 0 Å². The lowest BCUT2D eigenvalue weighted by atomic mass is 10.0. The maximum absolute atomic E-state index is 13.3. The number of benzene rings is 1. The van der Waals surface area contributed by atoms with Gasteiger partial charge in [0.05, 0.1) is 6.61 Å². The highest BCUT2D eigenvalue weighted by Crippen LogP contribution is 2.20. The summed E-state index contributed by atoms with van der Waals surface area (Å²) in [5.74, 6) is -1.39. The largest absolute Gasteiger partial charge is 0.480 e. The second-order valence-corrected chi connectivity index (χ2v) is 3.89. The van der Waals surface area contributed by atoms with E-state index in [-0.39, 0.29) is 12.4 Å². The molecule has 0 radical (unpaired) electrons. The number of aliphatic hydroxyl groups is 1. The minimum absolute atomic E-state index is 0.128. The molecule has 1 atom stereocenters. The predicted molar refractivity (Wildman–Crippen MR) is 59.3 cm³/mol. The van der Waals surface area contributed by atoms with Crippen LogP contribution in [0, 0.1) is 19.7 Å². The fourth-order valence-corrected chi connectivity index (χ4v) is 1.53. The average molecular weight is 242 g/mol. The summed E-state index contributed by atoms with van der Waals surface area (Å²) in [5, 5.41) is 18.1. The Hall–Kier alpha value is -1.46. The van der Waals surface area contributed by atoms with Crippen LogP contribution in [-0.2, 0) is 9.53 Å². The normalized spacial score (nSPS) is 12.5. The number of carboxylic acids is 1. The van der Waals surface area contributed by atoms with Crippen molar-refractivity contribution in [1.82, 2.24) is 0 Å². The van der Waals surface area contributed by atoms with Crippen LogP contribution in [0.25, 0.3) is 0 Å². The van der Waals surface area contributed by atoms with Gasteiger partial charge in [-0.15, -0.1) is 0 Å². The van der Waals surface area contributed by atoms with Crippen LogP contribution in [0.5, 0.6) is 0 Å². The van der Waals surface area contributed by atoms with E-state index in [1.54, 1.807) is 13.8 Å². The Morgan fingerprint density at radius 3 is 2.41 bits per heavy atom. The summed E-state index contributed by atoms with van der Waals surface area (Å²) in [5.41, 5.74) is 1.40. The molecule has 0 saturated carbocycles. The van der Waals surface area contributed by atoms with Gasteiger partial charge in [0.1, 0.15) is 18.5 Å². The van der Waals surface area contributed by atoms with Crippen molar-refractivity contribution in [2.24, 2.45) is 0 Å². The van der Waals surface area contributed by atoms with Crippen LogP contribution in [0.2, 0.25) is 0 Å².